The van der Waals surface area contributed by atoms with Gasteiger partial charge < -0.3 is 9.64 Å². The molecule has 19 heavy (non-hydrogen) atoms. The van der Waals surface area contributed by atoms with Crippen LogP contribution in [0.5, 0.6) is 6.08 Å². The SMILES string of the molecule is CC(C)c1noc(OCC(=O)N2CCCC[C@@H]2C)n1. The smallest absolute Gasteiger partial charge is 0.417 e. The zero-order valence-corrected chi connectivity index (χ0v) is 11.8. The summed E-state index contributed by atoms with van der Waals surface area (Å²) in [6.07, 6.45) is 3.38. The lowest BCUT2D eigenvalue weighted by Crippen LogP contribution is -2.44. The summed E-state index contributed by atoms with van der Waals surface area (Å²) in [7, 11) is 0. The van der Waals surface area contributed by atoms with Gasteiger partial charge in [0, 0.05) is 18.5 Å². The molecule has 1 aromatic heterocycles. The van der Waals surface area contributed by atoms with Crippen LogP contribution in [0.3, 0.4) is 0 Å². The third-order valence-corrected chi connectivity index (χ3v) is 3.38. The molecule has 2 rings (SSSR count). The van der Waals surface area contributed by atoms with Gasteiger partial charge in [-0.2, -0.15) is 4.98 Å². The number of piperidine rings is 1. The van der Waals surface area contributed by atoms with E-state index in [2.05, 4.69) is 17.1 Å². The minimum absolute atomic E-state index is 0.0171. The number of rotatable bonds is 4. The van der Waals surface area contributed by atoms with Crippen LogP contribution in [0.1, 0.15) is 51.8 Å². The highest BCUT2D eigenvalue weighted by Crippen LogP contribution is 2.17. The second-order valence-corrected chi connectivity index (χ2v) is 5.29. The molecule has 2 heterocycles. The third-order valence-electron chi connectivity index (χ3n) is 3.38. The molecule has 1 aliphatic rings. The van der Waals surface area contributed by atoms with Crippen molar-refractivity contribution in [1.29, 1.82) is 0 Å². The molecule has 1 atom stereocenters. The molecule has 1 aliphatic heterocycles. The molecule has 0 bridgehead atoms. The molecule has 6 heteroatoms. The van der Waals surface area contributed by atoms with Crippen LogP contribution in [0.15, 0.2) is 4.52 Å². The fraction of sp³-hybridized carbons (Fsp3) is 0.769. The maximum atomic E-state index is 12.0. The molecule has 1 fully saturated rings. The van der Waals surface area contributed by atoms with E-state index in [1.54, 1.807) is 0 Å². The molecule has 0 unspecified atom stereocenters. The van der Waals surface area contributed by atoms with Gasteiger partial charge in [0.05, 0.1) is 0 Å². The Morgan fingerprint density at radius 3 is 2.95 bits per heavy atom. The van der Waals surface area contributed by atoms with Crippen molar-refractivity contribution < 1.29 is 14.1 Å². The zero-order chi connectivity index (χ0) is 13.8. The van der Waals surface area contributed by atoms with E-state index in [-0.39, 0.29) is 24.5 Å². The number of carbonyl (C=O) groups is 1. The molecule has 1 aromatic rings. The van der Waals surface area contributed by atoms with Gasteiger partial charge in [-0.05, 0) is 26.2 Å². The maximum absolute atomic E-state index is 12.0. The Bertz CT molecular complexity index is 431. The molecule has 0 N–H and O–H groups in total. The van der Waals surface area contributed by atoms with Gasteiger partial charge in [-0.1, -0.05) is 19.0 Å². The summed E-state index contributed by atoms with van der Waals surface area (Å²) < 4.78 is 10.2. The molecule has 0 aromatic carbocycles. The second kappa shape index (κ2) is 6.04. The predicted octanol–water partition coefficient (Wildman–Crippen LogP) is 1.97. The first-order valence-corrected chi connectivity index (χ1v) is 6.84. The third kappa shape index (κ3) is 3.45. The average molecular weight is 267 g/mol. The first kappa shape index (κ1) is 13.8. The van der Waals surface area contributed by atoms with Crippen LogP contribution >= 0.6 is 0 Å². The topological polar surface area (TPSA) is 68.5 Å². The van der Waals surface area contributed by atoms with Crippen LogP contribution in [-0.4, -0.2) is 40.1 Å². The van der Waals surface area contributed by atoms with Crippen LogP contribution in [-0.2, 0) is 4.79 Å². The summed E-state index contributed by atoms with van der Waals surface area (Å²) in [5, 5.41) is 3.79. The Labute approximate surface area is 113 Å². The van der Waals surface area contributed by atoms with E-state index >= 15 is 0 Å². The van der Waals surface area contributed by atoms with Crippen molar-refractivity contribution in [2.45, 2.75) is 52.0 Å². The Balaban J connectivity index is 1.85. The van der Waals surface area contributed by atoms with Gasteiger partial charge in [-0.15, -0.1) is 0 Å². The van der Waals surface area contributed by atoms with E-state index in [1.807, 2.05) is 18.7 Å². The standard InChI is InChI=1S/C13H21N3O3/c1-9(2)12-14-13(19-15-12)18-8-11(17)16-7-5-4-6-10(16)3/h9-10H,4-8H2,1-3H3/t10-/m0/s1. The van der Waals surface area contributed by atoms with Gasteiger partial charge in [0.1, 0.15) is 0 Å². The van der Waals surface area contributed by atoms with E-state index in [4.69, 9.17) is 9.26 Å². The highest BCUT2D eigenvalue weighted by Gasteiger charge is 2.24. The zero-order valence-electron chi connectivity index (χ0n) is 11.8. The van der Waals surface area contributed by atoms with E-state index in [0.717, 1.165) is 19.4 Å². The average Bonchev–Trinajstić information content (AvgIpc) is 2.85. The Morgan fingerprint density at radius 2 is 2.32 bits per heavy atom. The van der Waals surface area contributed by atoms with Crippen molar-refractivity contribution in [1.82, 2.24) is 15.0 Å². The first-order valence-electron chi connectivity index (χ1n) is 6.84. The number of amides is 1. The van der Waals surface area contributed by atoms with E-state index in [1.165, 1.54) is 6.42 Å². The number of carbonyl (C=O) groups excluding carboxylic acids is 1. The minimum Gasteiger partial charge on any atom is -0.439 e. The largest absolute Gasteiger partial charge is 0.439 e. The summed E-state index contributed by atoms with van der Waals surface area (Å²) >= 11 is 0. The molecule has 0 saturated carbocycles. The van der Waals surface area contributed by atoms with Crippen LogP contribution in [0, 0.1) is 0 Å². The molecule has 6 nitrogen and oxygen atoms in total. The molecule has 106 valence electrons. The van der Waals surface area contributed by atoms with Crippen LogP contribution in [0.4, 0.5) is 0 Å². The van der Waals surface area contributed by atoms with Crippen molar-refractivity contribution in [3.05, 3.63) is 5.82 Å². The number of hydrogen-bond acceptors (Lipinski definition) is 5. The number of ether oxygens (including phenoxy) is 1. The van der Waals surface area contributed by atoms with Gasteiger partial charge in [-0.25, -0.2) is 0 Å². The number of likely N-dealkylation sites (tertiary alicyclic amines) is 1. The summed E-state index contributed by atoms with van der Waals surface area (Å²) in [5.74, 6) is 0.754. The van der Waals surface area contributed by atoms with Crippen molar-refractivity contribution in [3.63, 3.8) is 0 Å². The molecule has 0 radical (unpaired) electrons. The van der Waals surface area contributed by atoms with Crippen molar-refractivity contribution in [3.8, 4) is 6.08 Å². The van der Waals surface area contributed by atoms with E-state index in [0.29, 0.717) is 11.9 Å². The predicted molar refractivity (Wildman–Crippen MR) is 68.9 cm³/mol. The summed E-state index contributed by atoms with van der Waals surface area (Å²) in [6, 6.07) is 0.291. The van der Waals surface area contributed by atoms with Gasteiger partial charge in [0.25, 0.3) is 5.91 Å². The molecule has 1 amide bonds. The molecule has 1 saturated heterocycles. The minimum atomic E-state index is -0.0376. The quantitative estimate of drug-likeness (QED) is 0.834. The number of hydrogen-bond donors (Lipinski definition) is 0. The highest BCUT2D eigenvalue weighted by molar-refractivity contribution is 5.78. The monoisotopic (exact) mass is 267 g/mol. The Morgan fingerprint density at radius 1 is 1.53 bits per heavy atom. The van der Waals surface area contributed by atoms with Gasteiger partial charge >= 0.3 is 6.08 Å². The van der Waals surface area contributed by atoms with E-state index in [9.17, 15) is 4.79 Å². The Kier molecular flexibility index (Phi) is 4.39. The first-order chi connectivity index (χ1) is 9.08. The normalized spacial score (nSPS) is 19.8. The van der Waals surface area contributed by atoms with Crippen LogP contribution < -0.4 is 4.74 Å². The van der Waals surface area contributed by atoms with Crippen molar-refractivity contribution in [2.75, 3.05) is 13.2 Å². The Hall–Kier alpha value is -1.59. The maximum Gasteiger partial charge on any atom is 0.417 e. The molecule has 0 spiro atoms. The van der Waals surface area contributed by atoms with E-state index < -0.39 is 0 Å². The lowest BCUT2D eigenvalue weighted by molar-refractivity contribution is -0.137. The van der Waals surface area contributed by atoms with Gasteiger partial charge in [0.15, 0.2) is 12.4 Å². The fourth-order valence-corrected chi connectivity index (χ4v) is 2.19. The second-order valence-electron chi connectivity index (χ2n) is 5.29. The van der Waals surface area contributed by atoms with Crippen LogP contribution in [0.2, 0.25) is 0 Å². The van der Waals surface area contributed by atoms with Crippen molar-refractivity contribution >= 4 is 5.91 Å². The summed E-state index contributed by atoms with van der Waals surface area (Å²) in [5.41, 5.74) is 0. The molecular weight excluding hydrogens is 246 g/mol. The van der Waals surface area contributed by atoms with Crippen molar-refractivity contribution in [2.24, 2.45) is 0 Å². The summed E-state index contributed by atoms with van der Waals surface area (Å²) in [6.45, 7) is 6.78. The lowest BCUT2D eigenvalue weighted by atomic mass is 10.0. The lowest BCUT2D eigenvalue weighted by Gasteiger charge is -2.33. The van der Waals surface area contributed by atoms with Gasteiger partial charge in [0.2, 0.25) is 0 Å². The number of aromatic nitrogens is 2. The van der Waals surface area contributed by atoms with Gasteiger partial charge in [-0.3, -0.25) is 9.32 Å². The van der Waals surface area contributed by atoms with Crippen LogP contribution in [0.25, 0.3) is 0 Å². The molecular formula is C13H21N3O3. The highest BCUT2D eigenvalue weighted by atomic mass is 16.6. The number of nitrogens with zero attached hydrogens (tertiary/aromatic N) is 3. The molecule has 0 aliphatic carbocycles. The fourth-order valence-electron chi connectivity index (χ4n) is 2.19. The summed E-state index contributed by atoms with van der Waals surface area (Å²) in [4.78, 5) is 18.0.